The van der Waals surface area contributed by atoms with Gasteiger partial charge in [0.2, 0.25) is 0 Å². The summed E-state index contributed by atoms with van der Waals surface area (Å²) in [5.41, 5.74) is 4.30. The van der Waals surface area contributed by atoms with Crippen molar-refractivity contribution in [3.8, 4) is 0 Å². The molecule has 4 nitrogen and oxygen atoms in total. The zero-order chi connectivity index (χ0) is 13.9. The van der Waals surface area contributed by atoms with Crippen LogP contribution in [0, 0.1) is 6.92 Å². The van der Waals surface area contributed by atoms with Gasteiger partial charge in [-0.25, -0.2) is 4.98 Å². The lowest BCUT2D eigenvalue weighted by molar-refractivity contribution is 0.663. The Kier molecular flexibility index (Phi) is 3.67. The molecule has 20 heavy (non-hydrogen) atoms. The predicted molar refractivity (Wildman–Crippen MR) is 79.7 cm³/mol. The Labute approximate surface area is 122 Å². The summed E-state index contributed by atoms with van der Waals surface area (Å²) in [5, 5.41) is 4.03. The molecule has 0 aliphatic carbocycles. The largest absolute Gasteiger partial charge is 0.306 e. The summed E-state index contributed by atoms with van der Waals surface area (Å²) in [6.45, 7) is 3.53. The van der Waals surface area contributed by atoms with Crippen LogP contribution < -0.4 is 5.32 Å². The second-order valence-electron chi connectivity index (χ2n) is 4.76. The molecule has 3 rings (SSSR count). The lowest BCUT2D eigenvalue weighted by atomic mass is 10.3. The second kappa shape index (κ2) is 5.61. The molecule has 0 aliphatic heterocycles. The Bertz CT molecular complexity index is 718. The van der Waals surface area contributed by atoms with E-state index < -0.39 is 0 Å². The molecule has 3 heterocycles. The molecule has 0 bridgehead atoms. The van der Waals surface area contributed by atoms with E-state index in [1.54, 1.807) is 6.20 Å². The first-order chi connectivity index (χ1) is 9.72. The van der Waals surface area contributed by atoms with Gasteiger partial charge >= 0.3 is 0 Å². The van der Waals surface area contributed by atoms with E-state index in [-0.39, 0.29) is 0 Å². The van der Waals surface area contributed by atoms with Crippen LogP contribution in [0.1, 0.15) is 17.0 Å². The molecule has 102 valence electrons. The zero-order valence-corrected chi connectivity index (χ0v) is 11.9. The summed E-state index contributed by atoms with van der Waals surface area (Å²) in [5.74, 6) is 0. The van der Waals surface area contributed by atoms with Crippen molar-refractivity contribution in [2.75, 3.05) is 0 Å². The molecule has 3 aromatic heterocycles. The molecule has 1 N–H and O–H groups in total. The Morgan fingerprint density at radius 1 is 1.10 bits per heavy atom. The third kappa shape index (κ3) is 2.81. The maximum absolute atomic E-state index is 5.81. The second-order valence-corrected chi connectivity index (χ2v) is 5.19. The van der Waals surface area contributed by atoms with Crippen LogP contribution in [-0.4, -0.2) is 14.4 Å². The van der Waals surface area contributed by atoms with Gasteiger partial charge in [0.1, 0.15) is 5.65 Å². The van der Waals surface area contributed by atoms with Gasteiger partial charge in [0.05, 0.1) is 22.6 Å². The molecule has 0 saturated heterocycles. The summed E-state index contributed by atoms with van der Waals surface area (Å²) >= 11 is 5.81. The van der Waals surface area contributed by atoms with Crippen LogP contribution >= 0.6 is 11.6 Å². The number of hydrogen-bond donors (Lipinski definition) is 1. The minimum atomic E-state index is 0.658. The molecular weight excluding hydrogens is 272 g/mol. The van der Waals surface area contributed by atoms with E-state index >= 15 is 0 Å². The highest BCUT2D eigenvalue weighted by Gasteiger charge is 2.03. The van der Waals surface area contributed by atoms with Gasteiger partial charge in [-0.15, -0.1) is 0 Å². The SMILES string of the molecule is Cc1ccc2ncc(CNCc3ccc(Cl)cn3)n2c1. The number of aryl methyl sites for hydroxylation is 1. The minimum Gasteiger partial charge on any atom is -0.306 e. The molecule has 0 aliphatic rings. The summed E-state index contributed by atoms with van der Waals surface area (Å²) < 4.78 is 2.11. The third-order valence-electron chi connectivity index (χ3n) is 3.13. The Morgan fingerprint density at radius 3 is 2.80 bits per heavy atom. The van der Waals surface area contributed by atoms with Crippen molar-refractivity contribution in [2.45, 2.75) is 20.0 Å². The fourth-order valence-electron chi connectivity index (χ4n) is 2.10. The molecule has 0 saturated carbocycles. The summed E-state index contributed by atoms with van der Waals surface area (Å²) in [4.78, 5) is 8.64. The van der Waals surface area contributed by atoms with Crippen molar-refractivity contribution in [1.29, 1.82) is 0 Å². The number of halogens is 1. The molecule has 0 radical (unpaired) electrons. The highest BCUT2D eigenvalue weighted by Crippen LogP contribution is 2.09. The van der Waals surface area contributed by atoms with Gasteiger partial charge in [-0.05, 0) is 30.7 Å². The Morgan fingerprint density at radius 2 is 2.00 bits per heavy atom. The fraction of sp³-hybridized carbons (Fsp3) is 0.200. The number of fused-ring (bicyclic) bond motifs is 1. The van der Waals surface area contributed by atoms with Crippen LogP contribution in [-0.2, 0) is 13.1 Å². The first-order valence-corrected chi connectivity index (χ1v) is 6.84. The highest BCUT2D eigenvalue weighted by atomic mass is 35.5. The van der Waals surface area contributed by atoms with E-state index in [1.165, 1.54) is 5.56 Å². The van der Waals surface area contributed by atoms with E-state index in [9.17, 15) is 0 Å². The monoisotopic (exact) mass is 286 g/mol. The van der Waals surface area contributed by atoms with E-state index in [2.05, 4.69) is 38.9 Å². The normalized spacial score (nSPS) is 11.1. The molecule has 5 heteroatoms. The van der Waals surface area contributed by atoms with Gasteiger partial charge in [0.25, 0.3) is 0 Å². The summed E-state index contributed by atoms with van der Waals surface area (Å²) in [6.07, 6.45) is 5.66. The smallest absolute Gasteiger partial charge is 0.136 e. The molecule has 0 unspecified atom stereocenters. The average Bonchev–Trinajstić information content (AvgIpc) is 2.84. The number of imidazole rings is 1. The molecule has 0 amide bonds. The number of rotatable bonds is 4. The minimum absolute atomic E-state index is 0.658. The first-order valence-electron chi connectivity index (χ1n) is 6.46. The Balaban J connectivity index is 1.68. The summed E-state index contributed by atoms with van der Waals surface area (Å²) in [7, 11) is 0. The van der Waals surface area contributed by atoms with Crippen LogP contribution in [0.2, 0.25) is 5.02 Å². The number of nitrogens with zero attached hydrogens (tertiary/aromatic N) is 3. The number of pyridine rings is 2. The van der Waals surface area contributed by atoms with Gasteiger partial charge in [-0.2, -0.15) is 0 Å². The van der Waals surface area contributed by atoms with Gasteiger partial charge in [0.15, 0.2) is 0 Å². The molecule has 0 aromatic carbocycles. The van der Waals surface area contributed by atoms with Crippen molar-refractivity contribution >= 4 is 17.2 Å². The van der Waals surface area contributed by atoms with E-state index in [1.807, 2.05) is 24.4 Å². The third-order valence-corrected chi connectivity index (χ3v) is 3.35. The topological polar surface area (TPSA) is 42.2 Å². The molecule has 3 aromatic rings. The molecule has 0 spiro atoms. The van der Waals surface area contributed by atoms with Crippen molar-refractivity contribution in [1.82, 2.24) is 19.7 Å². The lowest BCUT2D eigenvalue weighted by Crippen LogP contribution is -2.14. The van der Waals surface area contributed by atoms with Gasteiger partial charge in [-0.3, -0.25) is 4.98 Å². The standard InChI is InChI=1S/C15H15ClN4/c1-11-2-5-15-19-9-14(20(15)10-11)8-17-7-13-4-3-12(16)6-18-13/h2-6,9-10,17H,7-8H2,1H3. The van der Waals surface area contributed by atoms with Crippen LogP contribution in [0.25, 0.3) is 5.65 Å². The molecular formula is C15H15ClN4. The fourth-order valence-corrected chi connectivity index (χ4v) is 2.21. The summed E-state index contributed by atoms with van der Waals surface area (Å²) in [6, 6.07) is 7.87. The van der Waals surface area contributed by atoms with Gasteiger partial charge in [-0.1, -0.05) is 17.7 Å². The number of nitrogens with one attached hydrogen (secondary N) is 1. The molecule has 0 atom stereocenters. The van der Waals surface area contributed by atoms with Crippen LogP contribution in [0.5, 0.6) is 0 Å². The molecule has 0 fully saturated rings. The van der Waals surface area contributed by atoms with E-state index in [0.717, 1.165) is 23.6 Å². The highest BCUT2D eigenvalue weighted by molar-refractivity contribution is 6.30. The van der Waals surface area contributed by atoms with E-state index in [4.69, 9.17) is 11.6 Å². The van der Waals surface area contributed by atoms with Crippen molar-refractivity contribution in [3.63, 3.8) is 0 Å². The maximum Gasteiger partial charge on any atom is 0.136 e. The predicted octanol–water partition coefficient (Wildman–Crippen LogP) is 2.98. The van der Waals surface area contributed by atoms with Crippen molar-refractivity contribution in [2.24, 2.45) is 0 Å². The van der Waals surface area contributed by atoms with Gasteiger partial charge < -0.3 is 9.72 Å². The average molecular weight is 287 g/mol. The van der Waals surface area contributed by atoms with Crippen LogP contribution in [0.4, 0.5) is 0 Å². The van der Waals surface area contributed by atoms with Crippen molar-refractivity contribution in [3.05, 3.63) is 64.8 Å². The van der Waals surface area contributed by atoms with Crippen LogP contribution in [0.3, 0.4) is 0 Å². The van der Waals surface area contributed by atoms with Crippen LogP contribution in [0.15, 0.2) is 42.9 Å². The van der Waals surface area contributed by atoms with Crippen molar-refractivity contribution < 1.29 is 0 Å². The van der Waals surface area contributed by atoms with Gasteiger partial charge in [0, 0.05) is 25.5 Å². The first kappa shape index (κ1) is 13.1. The maximum atomic E-state index is 5.81. The quantitative estimate of drug-likeness (QED) is 0.802. The zero-order valence-electron chi connectivity index (χ0n) is 11.2. The van der Waals surface area contributed by atoms with E-state index in [0.29, 0.717) is 11.6 Å². The lowest BCUT2D eigenvalue weighted by Gasteiger charge is -2.05. The number of hydrogen-bond acceptors (Lipinski definition) is 3. The number of aromatic nitrogens is 3. The Hall–Kier alpha value is -1.91.